The van der Waals surface area contributed by atoms with Gasteiger partial charge in [-0.2, -0.15) is 0 Å². The fourth-order valence-electron chi connectivity index (χ4n) is 7.96. The predicted octanol–water partition coefficient (Wildman–Crippen LogP) is 4.74. The summed E-state index contributed by atoms with van der Waals surface area (Å²) >= 11 is 0. The van der Waals surface area contributed by atoms with Crippen molar-refractivity contribution in [3.63, 3.8) is 0 Å². The topological polar surface area (TPSA) is 203 Å². The lowest BCUT2D eigenvalue weighted by molar-refractivity contribution is -0.136. The first-order valence-corrected chi connectivity index (χ1v) is 20.6. The smallest absolute Gasteiger partial charge is 0.278 e. The summed E-state index contributed by atoms with van der Waals surface area (Å²) in [5.41, 5.74) is 7.39. The van der Waals surface area contributed by atoms with E-state index in [0.29, 0.717) is 48.2 Å². The number of nitrogens with one attached hydrogen (secondary N) is 1. The SMILES string of the molecule is C=CCN1C(=O)/C(=C/N=C)C(=Nc2ccc(N(C)CCCCCCOc3ccc4c(c3)C(=O)N(C3CCC(=O)NC3=O)C4=O)cc2)N1c1ccc2c(n1)[C@@](O)(CC)CC2.CN. The highest BCUT2D eigenvalue weighted by Crippen LogP contribution is 2.40. The van der Waals surface area contributed by atoms with Crippen molar-refractivity contribution in [1.29, 1.82) is 0 Å². The van der Waals surface area contributed by atoms with Gasteiger partial charge in [0.05, 0.1) is 35.7 Å². The standard InChI is InChI=1S/C44H48N8O7.CH5N/c1-5-23-50-41(55)34(27-45-3)39(52(50)36-19-11-28-21-22-44(58,6-2)38(28)47-36)46-29-12-14-30(15-13-29)49(4)24-9-7-8-10-25-59-31-16-17-32-33(26-31)43(57)51(42(32)56)35-18-20-37(53)48-40(35)54;1-2/h5,11-17,19,26-27,35,58H,1,3,6-10,18,20-25H2,2,4H3,(H,48,53,54);2H2,1H3/b34-27+,46-39?;/t35?,44-;/m1./s1. The number of pyridine rings is 1. The molecule has 320 valence electrons. The van der Waals surface area contributed by atoms with Gasteiger partial charge in [-0.25, -0.2) is 20.0 Å². The number of ether oxygens (including phenoxy) is 1. The Morgan fingerprint density at radius 1 is 0.984 bits per heavy atom. The molecule has 1 unspecified atom stereocenters. The lowest BCUT2D eigenvalue weighted by Gasteiger charge is -2.29. The summed E-state index contributed by atoms with van der Waals surface area (Å²) in [5, 5.41) is 16.7. The molecule has 1 aromatic heterocycles. The maximum absolute atomic E-state index is 13.7. The number of benzene rings is 2. The van der Waals surface area contributed by atoms with Gasteiger partial charge in [-0.3, -0.25) is 39.2 Å². The Labute approximate surface area is 355 Å². The number of amidine groups is 1. The fourth-order valence-corrected chi connectivity index (χ4v) is 7.96. The number of anilines is 2. The van der Waals surface area contributed by atoms with Crippen molar-refractivity contribution in [2.24, 2.45) is 15.7 Å². The number of carbonyl (C=O) groups excluding carboxylic acids is 5. The highest BCUT2D eigenvalue weighted by atomic mass is 16.5. The predicted molar refractivity (Wildman–Crippen MR) is 233 cm³/mol. The van der Waals surface area contributed by atoms with E-state index in [1.54, 1.807) is 29.3 Å². The monoisotopic (exact) mass is 831 g/mol. The normalized spacial score (nSPS) is 20.8. The van der Waals surface area contributed by atoms with Crippen molar-refractivity contribution in [2.75, 3.05) is 43.7 Å². The Morgan fingerprint density at radius 2 is 1.72 bits per heavy atom. The number of nitrogens with two attached hydrogens (primary N) is 1. The molecule has 4 heterocycles. The lowest BCUT2D eigenvalue weighted by Crippen LogP contribution is -2.54. The molecule has 16 heteroatoms. The van der Waals surface area contributed by atoms with E-state index < -0.39 is 35.3 Å². The second-order valence-corrected chi connectivity index (χ2v) is 15.1. The molecule has 5 amide bonds. The number of carbonyl (C=O) groups is 5. The number of hydrogen-bond acceptors (Lipinski definition) is 12. The third-order valence-corrected chi connectivity index (χ3v) is 11.3. The van der Waals surface area contributed by atoms with Crippen LogP contribution in [0.1, 0.15) is 90.3 Å². The summed E-state index contributed by atoms with van der Waals surface area (Å²) in [6.45, 7) is 10.8. The number of hydrogen-bond donors (Lipinski definition) is 3. The number of rotatable bonds is 16. The molecule has 2 fully saturated rings. The highest BCUT2D eigenvalue weighted by molar-refractivity contribution is 6.31. The zero-order valence-corrected chi connectivity index (χ0v) is 34.9. The molecular weight excluding hydrogens is 779 g/mol. The molecule has 7 rings (SSSR count). The van der Waals surface area contributed by atoms with Gasteiger partial charge in [0.15, 0.2) is 11.7 Å². The van der Waals surface area contributed by atoms with Crippen LogP contribution in [-0.4, -0.2) is 102 Å². The van der Waals surface area contributed by atoms with Crippen molar-refractivity contribution in [3.05, 3.63) is 101 Å². The number of aliphatic imine (C=N–C) groups is 2. The number of piperidine rings is 1. The Balaban J connectivity index is 0.00000307. The zero-order valence-electron chi connectivity index (χ0n) is 34.9. The van der Waals surface area contributed by atoms with E-state index in [1.165, 1.54) is 18.3 Å². The van der Waals surface area contributed by atoms with Crippen molar-refractivity contribution >= 4 is 59.3 Å². The summed E-state index contributed by atoms with van der Waals surface area (Å²) in [5.74, 6) is -1.21. The quantitative estimate of drug-likeness (QED) is 0.0592. The summed E-state index contributed by atoms with van der Waals surface area (Å²) < 4.78 is 5.91. The third kappa shape index (κ3) is 9.00. The Kier molecular flexibility index (Phi) is 13.9. The van der Waals surface area contributed by atoms with E-state index in [9.17, 15) is 29.1 Å². The lowest BCUT2D eigenvalue weighted by atomic mass is 9.98. The Morgan fingerprint density at radius 3 is 2.43 bits per heavy atom. The first kappa shape index (κ1) is 44.0. The van der Waals surface area contributed by atoms with Crippen molar-refractivity contribution < 1.29 is 33.8 Å². The van der Waals surface area contributed by atoms with E-state index in [2.05, 4.69) is 34.2 Å². The molecule has 0 bridgehead atoms. The first-order chi connectivity index (χ1) is 29.5. The highest BCUT2D eigenvalue weighted by Gasteiger charge is 2.45. The van der Waals surface area contributed by atoms with Crippen LogP contribution >= 0.6 is 0 Å². The maximum atomic E-state index is 13.7. The first-order valence-electron chi connectivity index (χ1n) is 20.6. The largest absolute Gasteiger partial charge is 0.494 e. The van der Waals surface area contributed by atoms with Crippen LogP contribution in [0.3, 0.4) is 0 Å². The van der Waals surface area contributed by atoms with E-state index in [0.717, 1.165) is 54.8 Å². The van der Waals surface area contributed by atoms with Gasteiger partial charge in [0.1, 0.15) is 23.0 Å². The van der Waals surface area contributed by atoms with Gasteiger partial charge >= 0.3 is 0 Å². The summed E-state index contributed by atoms with van der Waals surface area (Å²) in [4.78, 5) is 80.5. The summed E-state index contributed by atoms with van der Waals surface area (Å²) in [6.07, 6.45) is 8.71. The molecule has 3 aromatic rings. The summed E-state index contributed by atoms with van der Waals surface area (Å²) in [7, 11) is 3.53. The van der Waals surface area contributed by atoms with Crippen LogP contribution < -0.4 is 25.7 Å². The molecule has 4 N–H and O–H groups in total. The number of amides is 5. The van der Waals surface area contributed by atoms with Crippen molar-refractivity contribution in [2.45, 2.75) is 76.4 Å². The van der Waals surface area contributed by atoms with Crippen LogP contribution in [0.4, 0.5) is 17.2 Å². The second-order valence-electron chi connectivity index (χ2n) is 15.1. The van der Waals surface area contributed by atoms with Crippen LogP contribution in [0.5, 0.6) is 5.75 Å². The minimum absolute atomic E-state index is 0.0648. The van der Waals surface area contributed by atoms with Gasteiger partial charge in [-0.15, -0.1) is 6.58 Å². The molecule has 2 atom stereocenters. The van der Waals surface area contributed by atoms with E-state index in [-0.39, 0.29) is 42.0 Å². The molecular formula is C45H53N9O7. The van der Waals surface area contributed by atoms with Gasteiger partial charge in [0, 0.05) is 31.9 Å². The van der Waals surface area contributed by atoms with Gasteiger partial charge < -0.3 is 20.5 Å². The Hall–Kier alpha value is -6.52. The average molecular weight is 832 g/mol. The second kappa shape index (κ2) is 19.2. The van der Waals surface area contributed by atoms with Crippen LogP contribution in [0.15, 0.2) is 89.0 Å². The number of nitrogens with zero attached hydrogens (tertiary/aromatic N) is 7. The molecule has 2 aromatic carbocycles. The fraction of sp³-hybridized carbons (Fsp3) is 0.378. The number of hydrazine groups is 1. The number of aromatic nitrogens is 1. The van der Waals surface area contributed by atoms with Crippen LogP contribution in [0, 0.1) is 0 Å². The zero-order chi connectivity index (χ0) is 43.8. The minimum atomic E-state index is -1.03. The van der Waals surface area contributed by atoms with E-state index in [4.69, 9.17) is 14.7 Å². The third-order valence-electron chi connectivity index (χ3n) is 11.3. The van der Waals surface area contributed by atoms with Crippen LogP contribution in [-0.2, 0) is 26.4 Å². The number of unbranched alkanes of at least 4 members (excludes halogenated alkanes) is 3. The number of aliphatic hydroxyl groups is 1. The van der Waals surface area contributed by atoms with Crippen molar-refractivity contribution in [3.8, 4) is 5.75 Å². The van der Waals surface area contributed by atoms with E-state index >= 15 is 0 Å². The number of imide groups is 2. The molecule has 3 aliphatic heterocycles. The molecule has 16 nitrogen and oxygen atoms in total. The minimum Gasteiger partial charge on any atom is -0.494 e. The molecule has 0 saturated carbocycles. The van der Waals surface area contributed by atoms with Gasteiger partial charge in [-0.05, 0) is 106 Å². The maximum Gasteiger partial charge on any atom is 0.278 e. The molecule has 2 saturated heterocycles. The number of fused-ring (bicyclic) bond motifs is 2. The van der Waals surface area contributed by atoms with Gasteiger partial charge in [-0.1, -0.05) is 31.9 Å². The van der Waals surface area contributed by atoms with E-state index in [1.807, 2.05) is 50.4 Å². The van der Waals surface area contributed by atoms with Crippen LogP contribution in [0.2, 0.25) is 0 Å². The van der Waals surface area contributed by atoms with Gasteiger partial charge in [0.25, 0.3) is 17.7 Å². The summed E-state index contributed by atoms with van der Waals surface area (Å²) in [6, 6.07) is 15.3. The molecule has 0 spiro atoms. The van der Waals surface area contributed by atoms with Gasteiger partial charge in [0.2, 0.25) is 11.8 Å². The van der Waals surface area contributed by atoms with Crippen molar-refractivity contribution in [1.82, 2.24) is 20.2 Å². The number of aryl methyl sites for hydroxylation is 1. The Bertz CT molecular complexity index is 2270. The van der Waals surface area contributed by atoms with Crippen LogP contribution in [0.25, 0.3) is 0 Å². The molecule has 4 aliphatic rings. The average Bonchev–Trinajstić information content (AvgIpc) is 3.83. The molecule has 1 aliphatic carbocycles. The molecule has 0 radical (unpaired) electrons. The molecule has 61 heavy (non-hydrogen) atoms.